The minimum absolute atomic E-state index is 0.0685. The van der Waals surface area contributed by atoms with Crippen molar-refractivity contribution in [3.8, 4) is 5.75 Å². The van der Waals surface area contributed by atoms with Crippen molar-refractivity contribution < 1.29 is 19.2 Å². The van der Waals surface area contributed by atoms with Crippen LogP contribution in [0.5, 0.6) is 5.75 Å². The van der Waals surface area contributed by atoms with Gasteiger partial charge in [0.2, 0.25) is 0 Å². The molecule has 0 spiro atoms. The summed E-state index contributed by atoms with van der Waals surface area (Å²) in [4.78, 5) is 21.7. The van der Waals surface area contributed by atoms with Crippen molar-refractivity contribution in [2.24, 2.45) is 5.92 Å². The van der Waals surface area contributed by atoms with Crippen molar-refractivity contribution in [2.75, 3.05) is 6.61 Å². The molecule has 6 nitrogen and oxygen atoms in total. The van der Waals surface area contributed by atoms with Gasteiger partial charge in [-0.05, 0) is 18.9 Å². The topological polar surface area (TPSA) is 78.7 Å². The summed E-state index contributed by atoms with van der Waals surface area (Å²) in [5, 5.41) is 10.7. The average molecular weight is 279 g/mol. The van der Waals surface area contributed by atoms with Gasteiger partial charge in [0.05, 0.1) is 11.5 Å². The zero-order chi connectivity index (χ0) is 15.1. The van der Waals surface area contributed by atoms with E-state index in [2.05, 4.69) is 0 Å². The second-order valence-electron chi connectivity index (χ2n) is 4.54. The molecule has 0 radical (unpaired) electrons. The number of benzene rings is 1. The number of nitro groups is 1. The Morgan fingerprint density at radius 2 is 2.15 bits per heavy atom. The molecule has 0 fully saturated rings. The molecule has 0 bridgehead atoms. The van der Waals surface area contributed by atoms with Gasteiger partial charge in [0.25, 0.3) is 5.69 Å². The first-order chi connectivity index (χ1) is 9.43. The largest absolute Gasteiger partial charge is 0.513 e. The Kier molecular flexibility index (Phi) is 5.71. The molecule has 0 saturated heterocycles. The van der Waals surface area contributed by atoms with Gasteiger partial charge in [-0.15, -0.1) is 0 Å². The van der Waals surface area contributed by atoms with Crippen LogP contribution in [0.2, 0.25) is 0 Å². The number of ether oxygens (including phenoxy) is 2. The van der Waals surface area contributed by atoms with E-state index in [1.165, 1.54) is 18.2 Å². The molecule has 1 rings (SSSR count). The molecule has 0 N–H and O–H groups in total. The summed E-state index contributed by atoms with van der Waals surface area (Å²) < 4.78 is 9.95. The molecule has 0 aliphatic carbocycles. The van der Waals surface area contributed by atoms with Crippen molar-refractivity contribution in [3.63, 3.8) is 0 Å². The van der Waals surface area contributed by atoms with Crippen LogP contribution in [0, 0.1) is 16.0 Å². The number of rotatable bonds is 5. The molecule has 0 unspecified atom stereocenters. The van der Waals surface area contributed by atoms with Crippen LogP contribution in [-0.4, -0.2) is 17.7 Å². The van der Waals surface area contributed by atoms with Crippen LogP contribution in [0.1, 0.15) is 26.3 Å². The smallest absolute Gasteiger partial charge is 0.434 e. The van der Waals surface area contributed by atoms with E-state index in [1.54, 1.807) is 19.1 Å². The summed E-state index contributed by atoms with van der Waals surface area (Å²) in [5.74, 6) is 0.428. The molecular weight excluding hydrogens is 262 g/mol. The Labute approximate surface area is 117 Å². The normalized spacial score (nSPS) is 10.8. The Morgan fingerprint density at radius 3 is 2.70 bits per heavy atom. The summed E-state index contributed by atoms with van der Waals surface area (Å²) in [6.45, 7) is 5.83. The van der Waals surface area contributed by atoms with Crippen molar-refractivity contribution >= 4 is 17.9 Å². The third-order valence-electron chi connectivity index (χ3n) is 2.28. The molecule has 6 heteroatoms. The molecule has 1 aromatic carbocycles. The van der Waals surface area contributed by atoms with Gasteiger partial charge in [-0.1, -0.05) is 26.0 Å². The van der Waals surface area contributed by atoms with Gasteiger partial charge in [0.1, 0.15) is 5.75 Å². The second-order valence-corrected chi connectivity index (χ2v) is 4.54. The van der Waals surface area contributed by atoms with Crippen LogP contribution in [0.25, 0.3) is 6.08 Å². The highest BCUT2D eigenvalue weighted by atomic mass is 16.7. The second kappa shape index (κ2) is 7.28. The van der Waals surface area contributed by atoms with E-state index >= 15 is 0 Å². The summed E-state index contributed by atoms with van der Waals surface area (Å²) >= 11 is 0. The predicted molar refractivity (Wildman–Crippen MR) is 74.6 cm³/mol. The van der Waals surface area contributed by atoms with Gasteiger partial charge in [0.15, 0.2) is 0 Å². The average Bonchev–Trinajstić information content (AvgIpc) is 2.38. The minimum atomic E-state index is -0.821. The van der Waals surface area contributed by atoms with Crippen LogP contribution in [0.4, 0.5) is 10.5 Å². The first-order valence-corrected chi connectivity index (χ1v) is 6.19. The maximum Gasteiger partial charge on any atom is 0.513 e. The number of allylic oxidation sites excluding steroid dienone is 1. The summed E-state index contributed by atoms with van der Waals surface area (Å²) in [7, 11) is 0. The lowest BCUT2D eigenvalue weighted by molar-refractivity contribution is -0.384. The Bertz CT molecular complexity index is 522. The maximum absolute atomic E-state index is 11.5. The van der Waals surface area contributed by atoms with E-state index in [1.807, 2.05) is 13.8 Å². The van der Waals surface area contributed by atoms with Gasteiger partial charge >= 0.3 is 6.16 Å². The lowest BCUT2D eigenvalue weighted by atomic mass is 10.1. The summed E-state index contributed by atoms with van der Waals surface area (Å²) in [5.41, 5.74) is 0.379. The molecule has 108 valence electrons. The number of hydrogen-bond acceptors (Lipinski definition) is 5. The number of nitro benzene ring substituents is 1. The first kappa shape index (κ1) is 15.7. The molecule has 0 saturated carbocycles. The zero-order valence-corrected chi connectivity index (χ0v) is 11.7. The van der Waals surface area contributed by atoms with E-state index in [9.17, 15) is 14.9 Å². The van der Waals surface area contributed by atoms with Crippen LogP contribution in [0.3, 0.4) is 0 Å². The van der Waals surface area contributed by atoms with Crippen LogP contribution in [0.15, 0.2) is 24.3 Å². The van der Waals surface area contributed by atoms with E-state index in [4.69, 9.17) is 9.47 Å². The number of non-ortho nitro benzene ring substituents is 1. The van der Waals surface area contributed by atoms with E-state index < -0.39 is 11.1 Å². The molecule has 0 aliphatic heterocycles. The fourth-order valence-corrected chi connectivity index (χ4v) is 1.41. The highest BCUT2D eigenvalue weighted by Gasteiger charge is 2.14. The van der Waals surface area contributed by atoms with E-state index in [-0.39, 0.29) is 24.0 Å². The molecule has 0 aliphatic rings. The molecular formula is C14H17NO5. The first-order valence-electron chi connectivity index (χ1n) is 6.19. The molecule has 0 heterocycles. The lowest BCUT2D eigenvalue weighted by Crippen LogP contribution is -2.14. The molecule has 0 atom stereocenters. The highest BCUT2D eigenvalue weighted by molar-refractivity contribution is 5.69. The maximum atomic E-state index is 11.5. The fraction of sp³-hybridized carbons (Fsp3) is 0.357. The quantitative estimate of drug-likeness (QED) is 0.354. The Morgan fingerprint density at radius 1 is 1.45 bits per heavy atom. The van der Waals surface area contributed by atoms with E-state index in [0.717, 1.165) is 0 Å². The SMILES string of the molecule is CC=Cc1cc([N+](=O)[O-])ccc1OC(=O)OCC(C)C. The van der Waals surface area contributed by atoms with Crippen LogP contribution >= 0.6 is 0 Å². The molecule has 0 aromatic heterocycles. The monoisotopic (exact) mass is 279 g/mol. The number of nitrogens with zero attached hydrogens (tertiary/aromatic N) is 1. The fourth-order valence-electron chi connectivity index (χ4n) is 1.41. The molecule has 20 heavy (non-hydrogen) atoms. The summed E-state index contributed by atoms with van der Waals surface area (Å²) in [6, 6.07) is 3.99. The third kappa shape index (κ3) is 4.72. The number of carbonyl (C=O) groups is 1. The van der Waals surface area contributed by atoms with Crippen LogP contribution < -0.4 is 4.74 Å². The lowest BCUT2D eigenvalue weighted by Gasteiger charge is -2.09. The predicted octanol–water partition coefficient (Wildman–Crippen LogP) is 3.80. The molecule has 0 amide bonds. The minimum Gasteiger partial charge on any atom is -0.434 e. The van der Waals surface area contributed by atoms with Crippen molar-refractivity contribution in [2.45, 2.75) is 20.8 Å². The van der Waals surface area contributed by atoms with Gasteiger partial charge < -0.3 is 9.47 Å². The number of hydrogen-bond donors (Lipinski definition) is 0. The van der Waals surface area contributed by atoms with Gasteiger partial charge in [0, 0.05) is 17.7 Å². The van der Waals surface area contributed by atoms with Crippen molar-refractivity contribution in [3.05, 3.63) is 40.0 Å². The Balaban J connectivity index is 2.88. The zero-order valence-electron chi connectivity index (χ0n) is 11.7. The Hall–Kier alpha value is -2.37. The molecule has 1 aromatic rings. The highest BCUT2D eigenvalue weighted by Crippen LogP contribution is 2.25. The number of carbonyl (C=O) groups excluding carboxylic acids is 1. The van der Waals surface area contributed by atoms with Gasteiger partial charge in [-0.3, -0.25) is 10.1 Å². The van der Waals surface area contributed by atoms with Crippen LogP contribution in [-0.2, 0) is 4.74 Å². The third-order valence-corrected chi connectivity index (χ3v) is 2.28. The summed E-state index contributed by atoms with van der Waals surface area (Å²) in [6.07, 6.45) is 2.50. The standard InChI is InChI=1S/C14H17NO5/c1-4-5-11-8-12(15(17)18)6-7-13(11)20-14(16)19-9-10(2)3/h4-8,10H,9H2,1-3H3. The van der Waals surface area contributed by atoms with Crippen molar-refractivity contribution in [1.29, 1.82) is 0 Å². The van der Waals surface area contributed by atoms with E-state index in [0.29, 0.717) is 5.56 Å². The van der Waals surface area contributed by atoms with Gasteiger partial charge in [-0.2, -0.15) is 0 Å². The van der Waals surface area contributed by atoms with Gasteiger partial charge in [-0.25, -0.2) is 4.79 Å². The van der Waals surface area contributed by atoms with Crippen molar-refractivity contribution in [1.82, 2.24) is 0 Å².